The Morgan fingerprint density at radius 2 is 2.08 bits per heavy atom. The van der Waals surface area contributed by atoms with E-state index in [1.54, 1.807) is 13.8 Å². The Morgan fingerprint density at radius 1 is 1.46 bits per heavy atom. The summed E-state index contributed by atoms with van der Waals surface area (Å²) in [4.78, 5) is 0. The maximum atomic E-state index is 12.5. The van der Waals surface area contributed by atoms with Gasteiger partial charge in [-0.1, -0.05) is 5.21 Å². The molecule has 0 aliphatic rings. The van der Waals surface area contributed by atoms with Crippen LogP contribution in [-0.4, -0.2) is 15.0 Å². The predicted molar refractivity (Wildman–Crippen MR) is 44.9 cm³/mol. The molecule has 0 unspecified atom stereocenters. The summed E-state index contributed by atoms with van der Waals surface area (Å²) in [5, 5.41) is 7.19. The molecule has 74 valence electrons. The molecule has 0 aliphatic carbocycles. The molecule has 0 bridgehead atoms. The summed E-state index contributed by atoms with van der Waals surface area (Å²) in [7, 11) is 0. The average molecular weight is 210 g/mol. The van der Waals surface area contributed by atoms with Crippen LogP contribution in [0.2, 0.25) is 0 Å². The fourth-order valence-corrected chi connectivity index (χ4v) is 1.23. The number of aromatic nitrogens is 3. The Hall–Kier alpha value is -0.710. The van der Waals surface area contributed by atoms with E-state index in [1.165, 1.54) is 4.68 Å². The van der Waals surface area contributed by atoms with Crippen molar-refractivity contribution in [1.29, 1.82) is 0 Å². The van der Waals surface area contributed by atoms with Crippen molar-refractivity contribution in [1.82, 2.24) is 15.0 Å². The summed E-state index contributed by atoms with van der Waals surface area (Å²) in [6.07, 6.45) is -2.58. The SMILES string of the molecule is CC(C)n1nnc(CCl)c1C(F)F. The van der Waals surface area contributed by atoms with Crippen molar-refractivity contribution >= 4 is 11.6 Å². The van der Waals surface area contributed by atoms with Crippen LogP contribution in [0.5, 0.6) is 0 Å². The highest BCUT2D eigenvalue weighted by Gasteiger charge is 2.22. The minimum Gasteiger partial charge on any atom is -0.241 e. The highest BCUT2D eigenvalue weighted by Crippen LogP contribution is 2.24. The molecule has 6 heteroatoms. The Bertz CT molecular complexity index is 285. The van der Waals surface area contributed by atoms with Crippen molar-refractivity contribution in [3.05, 3.63) is 11.4 Å². The summed E-state index contributed by atoms with van der Waals surface area (Å²) in [6.45, 7) is 3.52. The third kappa shape index (κ3) is 1.96. The molecule has 0 aromatic carbocycles. The molecule has 0 spiro atoms. The summed E-state index contributed by atoms with van der Waals surface area (Å²) in [6, 6.07) is -0.131. The fraction of sp³-hybridized carbons (Fsp3) is 0.714. The van der Waals surface area contributed by atoms with Crippen LogP contribution in [0, 0.1) is 0 Å². The second-order valence-corrected chi connectivity index (χ2v) is 3.16. The largest absolute Gasteiger partial charge is 0.281 e. The van der Waals surface area contributed by atoms with Crippen molar-refractivity contribution in [2.45, 2.75) is 32.2 Å². The van der Waals surface area contributed by atoms with Crippen molar-refractivity contribution in [2.24, 2.45) is 0 Å². The van der Waals surface area contributed by atoms with Crippen LogP contribution < -0.4 is 0 Å². The third-order valence-corrected chi connectivity index (χ3v) is 1.88. The van der Waals surface area contributed by atoms with Gasteiger partial charge in [0, 0.05) is 6.04 Å². The molecule has 0 atom stereocenters. The van der Waals surface area contributed by atoms with Crippen LogP contribution in [0.4, 0.5) is 8.78 Å². The van der Waals surface area contributed by atoms with E-state index in [0.717, 1.165) is 0 Å². The van der Waals surface area contributed by atoms with Crippen LogP contribution in [0.15, 0.2) is 0 Å². The van der Waals surface area contributed by atoms with E-state index in [2.05, 4.69) is 10.3 Å². The van der Waals surface area contributed by atoms with E-state index < -0.39 is 6.43 Å². The van der Waals surface area contributed by atoms with Gasteiger partial charge in [-0.25, -0.2) is 13.5 Å². The summed E-state index contributed by atoms with van der Waals surface area (Å²) in [5.41, 5.74) is -0.0182. The smallest absolute Gasteiger partial charge is 0.241 e. The number of halogens is 3. The molecule has 0 saturated carbocycles. The van der Waals surface area contributed by atoms with Crippen molar-refractivity contribution in [2.75, 3.05) is 0 Å². The zero-order valence-electron chi connectivity index (χ0n) is 7.34. The van der Waals surface area contributed by atoms with Crippen LogP contribution in [0.25, 0.3) is 0 Å². The van der Waals surface area contributed by atoms with E-state index in [9.17, 15) is 8.78 Å². The van der Waals surface area contributed by atoms with Crippen LogP contribution in [0.1, 0.15) is 37.7 Å². The predicted octanol–water partition coefficient (Wildman–Crippen LogP) is 2.54. The molecule has 1 heterocycles. The summed E-state index contributed by atoms with van der Waals surface area (Å²) >= 11 is 5.44. The summed E-state index contributed by atoms with van der Waals surface area (Å²) in [5.74, 6) is -0.0353. The molecule has 0 saturated heterocycles. The first-order valence-electron chi connectivity index (χ1n) is 3.86. The van der Waals surface area contributed by atoms with Crippen LogP contribution >= 0.6 is 11.6 Å². The van der Waals surface area contributed by atoms with E-state index in [-0.39, 0.29) is 23.3 Å². The fourth-order valence-electron chi connectivity index (χ4n) is 1.04. The molecular weight excluding hydrogens is 200 g/mol. The van der Waals surface area contributed by atoms with Gasteiger partial charge < -0.3 is 0 Å². The van der Waals surface area contributed by atoms with E-state index in [4.69, 9.17) is 11.6 Å². The van der Waals surface area contributed by atoms with Crippen molar-refractivity contribution < 1.29 is 8.78 Å². The molecule has 0 N–H and O–H groups in total. The first kappa shape index (κ1) is 10.4. The van der Waals surface area contributed by atoms with Gasteiger partial charge in [0.05, 0.1) is 5.88 Å². The number of rotatable bonds is 3. The van der Waals surface area contributed by atoms with E-state index in [1.807, 2.05) is 0 Å². The number of hydrogen-bond donors (Lipinski definition) is 0. The highest BCUT2D eigenvalue weighted by molar-refractivity contribution is 6.16. The Kier molecular flexibility index (Phi) is 3.19. The lowest BCUT2D eigenvalue weighted by atomic mass is 10.3. The molecule has 1 aromatic rings. The number of hydrogen-bond acceptors (Lipinski definition) is 2. The van der Waals surface area contributed by atoms with Gasteiger partial charge in [0.2, 0.25) is 0 Å². The van der Waals surface area contributed by atoms with Gasteiger partial charge in [0.25, 0.3) is 6.43 Å². The quantitative estimate of drug-likeness (QED) is 0.717. The van der Waals surface area contributed by atoms with Gasteiger partial charge in [-0.05, 0) is 13.8 Å². The molecule has 0 amide bonds. The molecule has 3 nitrogen and oxygen atoms in total. The Balaban J connectivity index is 3.14. The van der Waals surface area contributed by atoms with Gasteiger partial charge in [-0.2, -0.15) is 0 Å². The zero-order valence-corrected chi connectivity index (χ0v) is 8.09. The highest BCUT2D eigenvalue weighted by atomic mass is 35.5. The summed E-state index contributed by atoms with van der Waals surface area (Å²) < 4.78 is 26.2. The van der Waals surface area contributed by atoms with Crippen LogP contribution in [0.3, 0.4) is 0 Å². The lowest BCUT2D eigenvalue weighted by Crippen LogP contribution is -2.08. The molecule has 0 aliphatic heterocycles. The van der Waals surface area contributed by atoms with Gasteiger partial charge in [-0.3, -0.25) is 0 Å². The van der Waals surface area contributed by atoms with E-state index in [0.29, 0.717) is 0 Å². The van der Waals surface area contributed by atoms with Gasteiger partial charge in [-0.15, -0.1) is 16.7 Å². The van der Waals surface area contributed by atoms with Gasteiger partial charge in [0.1, 0.15) is 11.4 Å². The normalized spacial score (nSPS) is 11.6. The van der Waals surface area contributed by atoms with Gasteiger partial charge >= 0.3 is 0 Å². The molecule has 0 fully saturated rings. The number of alkyl halides is 3. The Labute approximate surface area is 79.7 Å². The van der Waals surface area contributed by atoms with Crippen molar-refractivity contribution in [3.8, 4) is 0 Å². The van der Waals surface area contributed by atoms with Crippen molar-refractivity contribution in [3.63, 3.8) is 0 Å². The monoisotopic (exact) mass is 209 g/mol. The molecule has 0 radical (unpaired) electrons. The molecule has 1 aromatic heterocycles. The second-order valence-electron chi connectivity index (χ2n) is 2.89. The first-order valence-corrected chi connectivity index (χ1v) is 4.39. The van der Waals surface area contributed by atoms with Crippen LogP contribution in [-0.2, 0) is 5.88 Å². The minimum atomic E-state index is -2.58. The van der Waals surface area contributed by atoms with Gasteiger partial charge in [0.15, 0.2) is 0 Å². The second kappa shape index (κ2) is 4.00. The maximum absolute atomic E-state index is 12.5. The van der Waals surface area contributed by atoms with E-state index >= 15 is 0 Å². The Morgan fingerprint density at radius 3 is 2.46 bits per heavy atom. The minimum absolute atomic E-state index is 0.0353. The molecule has 1 rings (SSSR count). The number of nitrogens with zero attached hydrogens (tertiary/aromatic N) is 3. The molecular formula is C7H10ClF2N3. The maximum Gasteiger partial charge on any atom is 0.281 e. The standard InChI is InChI=1S/C7H10ClF2N3/c1-4(2)13-6(7(9)10)5(3-8)11-12-13/h4,7H,3H2,1-2H3. The topological polar surface area (TPSA) is 30.7 Å². The lowest BCUT2D eigenvalue weighted by Gasteiger charge is -2.08. The third-order valence-electron chi connectivity index (χ3n) is 1.63. The average Bonchev–Trinajstić information content (AvgIpc) is 2.46. The zero-order chi connectivity index (χ0) is 10.0. The molecule has 13 heavy (non-hydrogen) atoms. The first-order chi connectivity index (χ1) is 6.07. The lowest BCUT2D eigenvalue weighted by molar-refractivity contribution is 0.136.